The third-order valence-electron chi connectivity index (χ3n) is 4.08. The number of hydrogen-bond acceptors (Lipinski definition) is 4. The number of nitrogens with zero attached hydrogens (tertiary/aromatic N) is 2. The summed E-state index contributed by atoms with van der Waals surface area (Å²) in [5.74, 6) is 0.373. The zero-order valence-electron chi connectivity index (χ0n) is 12.4. The molecule has 1 aliphatic heterocycles. The maximum absolute atomic E-state index is 9.51. The van der Waals surface area contributed by atoms with E-state index in [1.807, 2.05) is 53.4 Å². The molecule has 1 atom stereocenters. The Morgan fingerprint density at radius 1 is 1.26 bits per heavy atom. The zero-order chi connectivity index (χ0) is 16.4. The Labute approximate surface area is 140 Å². The van der Waals surface area contributed by atoms with Crippen LogP contribution in [-0.4, -0.2) is 11.7 Å². The maximum Gasteiger partial charge on any atom is 0.118 e. The molecule has 1 heterocycles. The van der Waals surface area contributed by atoms with E-state index in [1.54, 1.807) is 0 Å². The number of nitriles is 1. The number of aliphatic hydroxyl groups excluding tert-OH is 1. The molecule has 0 aliphatic carbocycles. The summed E-state index contributed by atoms with van der Waals surface area (Å²) < 4.78 is 0. The van der Waals surface area contributed by atoms with Gasteiger partial charge in [-0.15, -0.1) is 0 Å². The molecular formula is C18H16ClN3O. The maximum atomic E-state index is 9.51. The highest BCUT2D eigenvalue weighted by Crippen LogP contribution is 2.37. The molecule has 1 unspecified atom stereocenters. The molecule has 4 nitrogen and oxygen atoms in total. The molecule has 2 aromatic rings. The van der Waals surface area contributed by atoms with E-state index in [0.717, 1.165) is 16.8 Å². The number of nitrogens with two attached hydrogens (primary N) is 1. The van der Waals surface area contributed by atoms with Crippen molar-refractivity contribution >= 4 is 17.3 Å². The number of anilines is 1. The first-order chi connectivity index (χ1) is 11.1. The molecule has 3 rings (SSSR count). The Balaban J connectivity index is 1.98. The van der Waals surface area contributed by atoms with Crippen molar-refractivity contribution < 1.29 is 5.11 Å². The number of halogens is 1. The van der Waals surface area contributed by atoms with Gasteiger partial charge in [-0.1, -0.05) is 35.9 Å². The predicted octanol–water partition coefficient (Wildman–Crippen LogP) is 3.13. The van der Waals surface area contributed by atoms with Crippen LogP contribution in [-0.2, 0) is 6.61 Å². The SMILES string of the molecule is N#CC1=C(N)N(c2cccc(CO)c2)CC1c1ccc(Cl)cc1. The monoisotopic (exact) mass is 325 g/mol. The van der Waals surface area contributed by atoms with Crippen LogP contribution < -0.4 is 10.6 Å². The molecule has 116 valence electrons. The van der Waals surface area contributed by atoms with Gasteiger partial charge in [-0.2, -0.15) is 5.26 Å². The van der Waals surface area contributed by atoms with Crippen molar-refractivity contribution in [2.75, 3.05) is 11.4 Å². The largest absolute Gasteiger partial charge is 0.392 e. The molecule has 0 aromatic heterocycles. The molecule has 0 radical (unpaired) electrons. The average Bonchev–Trinajstić information content (AvgIpc) is 2.92. The van der Waals surface area contributed by atoms with Crippen LogP contribution in [0.15, 0.2) is 59.9 Å². The lowest BCUT2D eigenvalue weighted by atomic mass is 9.94. The van der Waals surface area contributed by atoms with E-state index >= 15 is 0 Å². The highest BCUT2D eigenvalue weighted by atomic mass is 35.5. The lowest BCUT2D eigenvalue weighted by Crippen LogP contribution is -2.25. The van der Waals surface area contributed by atoms with Gasteiger partial charge >= 0.3 is 0 Å². The topological polar surface area (TPSA) is 73.3 Å². The van der Waals surface area contributed by atoms with E-state index in [-0.39, 0.29) is 12.5 Å². The van der Waals surface area contributed by atoms with Crippen LogP contribution in [0.5, 0.6) is 0 Å². The van der Waals surface area contributed by atoms with Gasteiger partial charge in [-0.05, 0) is 35.4 Å². The zero-order valence-corrected chi connectivity index (χ0v) is 13.2. The second kappa shape index (κ2) is 6.33. The lowest BCUT2D eigenvalue weighted by Gasteiger charge is -2.21. The van der Waals surface area contributed by atoms with E-state index in [0.29, 0.717) is 23.0 Å². The van der Waals surface area contributed by atoms with Crippen LogP contribution in [0.4, 0.5) is 5.69 Å². The van der Waals surface area contributed by atoms with Gasteiger partial charge in [-0.25, -0.2) is 0 Å². The molecule has 23 heavy (non-hydrogen) atoms. The Kier molecular flexibility index (Phi) is 4.24. The van der Waals surface area contributed by atoms with Gasteiger partial charge in [0.05, 0.1) is 18.2 Å². The number of benzene rings is 2. The minimum atomic E-state index is -0.0879. The predicted molar refractivity (Wildman–Crippen MR) is 90.7 cm³/mol. The standard InChI is InChI=1S/C18H16ClN3O/c19-14-6-4-13(5-7-14)17-10-22(18(21)16(17)9-20)15-3-1-2-12(8-15)11-23/h1-8,17,23H,10-11,21H2. The number of hydrogen-bond donors (Lipinski definition) is 2. The first-order valence-electron chi connectivity index (χ1n) is 7.26. The van der Waals surface area contributed by atoms with Crippen molar-refractivity contribution in [3.63, 3.8) is 0 Å². The minimum absolute atomic E-state index is 0.0307. The molecule has 0 amide bonds. The van der Waals surface area contributed by atoms with Gasteiger partial charge in [0.25, 0.3) is 0 Å². The van der Waals surface area contributed by atoms with Crippen LogP contribution in [0.25, 0.3) is 0 Å². The molecular weight excluding hydrogens is 310 g/mol. The molecule has 0 spiro atoms. The number of aliphatic hydroxyl groups is 1. The molecule has 2 aromatic carbocycles. The fourth-order valence-electron chi connectivity index (χ4n) is 2.87. The summed E-state index contributed by atoms with van der Waals surface area (Å²) in [5.41, 5.74) is 9.46. The van der Waals surface area contributed by atoms with Crippen molar-refractivity contribution in [3.8, 4) is 6.07 Å². The van der Waals surface area contributed by atoms with E-state index in [9.17, 15) is 10.4 Å². The van der Waals surface area contributed by atoms with E-state index < -0.39 is 0 Å². The smallest absolute Gasteiger partial charge is 0.118 e. The van der Waals surface area contributed by atoms with Gasteiger partial charge in [0.2, 0.25) is 0 Å². The summed E-state index contributed by atoms with van der Waals surface area (Å²) >= 11 is 5.94. The molecule has 0 fully saturated rings. The lowest BCUT2D eigenvalue weighted by molar-refractivity contribution is 0.282. The average molecular weight is 326 g/mol. The summed E-state index contributed by atoms with van der Waals surface area (Å²) in [6.07, 6.45) is 0. The van der Waals surface area contributed by atoms with Crippen LogP contribution in [0.2, 0.25) is 5.02 Å². The molecule has 5 heteroatoms. The summed E-state index contributed by atoms with van der Waals surface area (Å²) in [6.45, 7) is 0.558. The van der Waals surface area contributed by atoms with Crippen molar-refractivity contribution in [1.29, 1.82) is 5.26 Å². The Hall–Kier alpha value is -2.48. The van der Waals surface area contributed by atoms with Crippen molar-refractivity contribution in [3.05, 3.63) is 76.1 Å². The van der Waals surface area contributed by atoms with E-state index in [2.05, 4.69) is 6.07 Å². The highest BCUT2D eigenvalue weighted by molar-refractivity contribution is 6.30. The Morgan fingerprint density at radius 2 is 2.00 bits per heavy atom. The van der Waals surface area contributed by atoms with Crippen molar-refractivity contribution in [2.45, 2.75) is 12.5 Å². The Bertz CT molecular complexity index is 793. The molecule has 1 aliphatic rings. The van der Waals surface area contributed by atoms with Crippen LogP contribution in [0.3, 0.4) is 0 Å². The van der Waals surface area contributed by atoms with Gasteiger partial charge < -0.3 is 15.7 Å². The Morgan fingerprint density at radius 3 is 2.65 bits per heavy atom. The fraction of sp³-hybridized carbons (Fsp3) is 0.167. The first-order valence-corrected chi connectivity index (χ1v) is 7.64. The molecule has 0 saturated carbocycles. The third-order valence-corrected chi connectivity index (χ3v) is 4.33. The van der Waals surface area contributed by atoms with Crippen LogP contribution in [0.1, 0.15) is 17.0 Å². The van der Waals surface area contributed by atoms with Gasteiger partial charge in [0.1, 0.15) is 5.82 Å². The summed E-state index contributed by atoms with van der Waals surface area (Å²) in [4.78, 5) is 1.91. The van der Waals surface area contributed by atoms with E-state index in [1.165, 1.54) is 0 Å². The quantitative estimate of drug-likeness (QED) is 0.909. The molecule has 3 N–H and O–H groups in total. The number of rotatable bonds is 3. The summed E-state index contributed by atoms with van der Waals surface area (Å²) in [5, 5.41) is 19.5. The van der Waals surface area contributed by atoms with Crippen molar-refractivity contribution in [1.82, 2.24) is 0 Å². The summed E-state index contributed by atoms with van der Waals surface area (Å²) in [6, 6.07) is 17.2. The normalized spacial score (nSPS) is 17.4. The second-order valence-electron chi connectivity index (χ2n) is 5.45. The third kappa shape index (κ3) is 2.89. The first kappa shape index (κ1) is 15.4. The van der Waals surface area contributed by atoms with Gasteiger partial charge in [0, 0.05) is 23.2 Å². The van der Waals surface area contributed by atoms with Crippen molar-refractivity contribution in [2.24, 2.45) is 5.73 Å². The van der Waals surface area contributed by atoms with Crippen LogP contribution in [0, 0.1) is 11.3 Å². The minimum Gasteiger partial charge on any atom is -0.392 e. The van der Waals surface area contributed by atoms with Crippen LogP contribution >= 0.6 is 11.6 Å². The second-order valence-corrected chi connectivity index (χ2v) is 5.89. The summed E-state index contributed by atoms with van der Waals surface area (Å²) in [7, 11) is 0. The molecule has 0 saturated heterocycles. The molecule has 0 bridgehead atoms. The van der Waals surface area contributed by atoms with Gasteiger partial charge in [-0.3, -0.25) is 0 Å². The van der Waals surface area contributed by atoms with E-state index in [4.69, 9.17) is 17.3 Å². The van der Waals surface area contributed by atoms with Gasteiger partial charge in [0.15, 0.2) is 0 Å². The fourth-order valence-corrected chi connectivity index (χ4v) is 2.99. The highest BCUT2D eigenvalue weighted by Gasteiger charge is 2.32.